The normalized spacial score (nSPS) is 34.5. The van der Waals surface area contributed by atoms with Crippen LogP contribution in [-0.4, -0.2) is 55.7 Å². The number of carbonyl (C=O) groups is 4. The van der Waals surface area contributed by atoms with Crippen molar-refractivity contribution in [3.63, 3.8) is 0 Å². The van der Waals surface area contributed by atoms with Gasteiger partial charge in [-0.1, -0.05) is 0 Å². The fourth-order valence-electron chi connectivity index (χ4n) is 3.72. The summed E-state index contributed by atoms with van der Waals surface area (Å²) in [5.41, 5.74) is 4.10. The lowest BCUT2D eigenvalue weighted by molar-refractivity contribution is -0.158. The minimum absolute atomic E-state index is 0.0283. The van der Waals surface area contributed by atoms with Crippen molar-refractivity contribution in [3.05, 3.63) is 0 Å². The maximum Gasteiger partial charge on any atom is 0.332 e. The maximum atomic E-state index is 12.4. The number of hydrogen-bond donors (Lipinski definition) is 2. The Morgan fingerprint density at radius 1 is 1.21 bits per heavy atom. The Morgan fingerprint density at radius 3 is 2.29 bits per heavy atom. The van der Waals surface area contributed by atoms with Crippen LogP contribution in [0.25, 0.3) is 0 Å². The molecule has 2 saturated carbocycles. The van der Waals surface area contributed by atoms with E-state index in [1.807, 2.05) is 0 Å². The highest BCUT2D eigenvalue weighted by Crippen LogP contribution is 2.63. The quantitative estimate of drug-likeness (QED) is 0.467. The van der Waals surface area contributed by atoms with E-state index < -0.39 is 59.3 Å². The van der Waals surface area contributed by atoms with E-state index in [1.165, 1.54) is 28.1 Å². The van der Waals surface area contributed by atoms with Gasteiger partial charge in [-0.2, -0.15) is 0 Å². The van der Waals surface area contributed by atoms with Crippen LogP contribution < -0.4 is 11.1 Å². The van der Waals surface area contributed by atoms with Crippen LogP contribution in [0.5, 0.6) is 0 Å². The van der Waals surface area contributed by atoms with Crippen molar-refractivity contribution in [1.29, 1.82) is 0 Å². The summed E-state index contributed by atoms with van der Waals surface area (Å²) in [6, 6.07) is -0.854. The Bertz CT molecular complexity index is 576. The summed E-state index contributed by atoms with van der Waals surface area (Å²) in [5, 5.41) is 2.61. The highest BCUT2D eigenvalue weighted by Gasteiger charge is 2.77. The molecule has 0 radical (unpaired) electrons. The number of carbonyl (C=O) groups excluding carboxylic acids is 4. The summed E-state index contributed by atoms with van der Waals surface area (Å²) in [6.07, 6.45) is -0.662. The summed E-state index contributed by atoms with van der Waals surface area (Å²) >= 11 is 0. The first kappa shape index (κ1) is 18.2. The highest BCUT2D eigenvalue weighted by atomic mass is 16.6. The molecular formula is C15H22N2O7. The van der Waals surface area contributed by atoms with Crippen LogP contribution in [0.4, 0.5) is 0 Å². The molecule has 24 heavy (non-hydrogen) atoms. The molecule has 0 bridgehead atoms. The lowest BCUT2D eigenvalue weighted by atomic mass is 9.89. The predicted molar refractivity (Wildman–Crippen MR) is 79.2 cm³/mol. The van der Waals surface area contributed by atoms with Crippen LogP contribution in [0, 0.1) is 17.8 Å². The molecule has 0 aromatic carbocycles. The van der Waals surface area contributed by atoms with Crippen molar-refractivity contribution in [2.24, 2.45) is 23.5 Å². The summed E-state index contributed by atoms with van der Waals surface area (Å²) in [7, 11) is 2.42. The first-order valence-electron chi connectivity index (χ1n) is 7.60. The Kier molecular flexibility index (Phi) is 4.84. The summed E-state index contributed by atoms with van der Waals surface area (Å²) in [6.45, 7) is 2.71. The molecule has 0 saturated heterocycles. The van der Waals surface area contributed by atoms with Gasteiger partial charge in [0, 0.05) is 25.2 Å². The van der Waals surface area contributed by atoms with Gasteiger partial charge >= 0.3 is 17.9 Å². The number of fused-ring (bicyclic) bond motifs is 1. The Balaban J connectivity index is 2.38. The number of hydrogen-bond acceptors (Lipinski definition) is 8. The third-order valence-corrected chi connectivity index (χ3v) is 4.70. The van der Waals surface area contributed by atoms with E-state index >= 15 is 0 Å². The number of amides is 1. The van der Waals surface area contributed by atoms with E-state index in [-0.39, 0.29) is 6.42 Å². The van der Waals surface area contributed by atoms with E-state index in [2.05, 4.69) is 5.32 Å². The van der Waals surface area contributed by atoms with Gasteiger partial charge in [-0.25, -0.2) is 4.79 Å². The van der Waals surface area contributed by atoms with E-state index in [4.69, 9.17) is 19.9 Å². The van der Waals surface area contributed by atoms with Crippen LogP contribution in [0.2, 0.25) is 0 Å². The maximum absolute atomic E-state index is 12.4. The average Bonchev–Trinajstić information content (AvgIpc) is 3.19. The molecule has 0 heterocycles. The average molecular weight is 342 g/mol. The van der Waals surface area contributed by atoms with Crippen LogP contribution in [0.15, 0.2) is 0 Å². The Hall–Kier alpha value is -2.16. The second-order valence-corrected chi connectivity index (χ2v) is 6.24. The summed E-state index contributed by atoms with van der Waals surface area (Å²) in [5.74, 6) is -3.94. The standard InChI is InChI=1S/C15H22N2O7/c1-6(16)12(19)17-15(14(21)23-4)5-8(24-7(2)18)9-10(11(9)15)13(20)22-3/h6,8-11H,5,16H2,1-4H3,(H,17,19)/t6-,8-,9-,10-,11-,15-/m0/s1. The SMILES string of the molecule is COC(=O)[C@H]1[C@H]2[C@@H]1[C@](NC(=O)[C@H](C)N)(C(=O)OC)C[C@@H]2OC(C)=O. The molecular weight excluding hydrogens is 320 g/mol. The largest absolute Gasteiger partial charge is 0.469 e. The second-order valence-electron chi connectivity index (χ2n) is 6.24. The highest BCUT2D eigenvalue weighted by molar-refractivity contribution is 5.93. The van der Waals surface area contributed by atoms with E-state index in [0.717, 1.165) is 0 Å². The van der Waals surface area contributed by atoms with Crippen LogP contribution in [0.3, 0.4) is 0 Å². The van der Waals surface area contributed by atoms with Crippen LogP contribution in [-0.2, 0) is 33.4 Å². The van der Waals surface area contributed by atoms with Gasteiger partial charge in [0.1, 0.15) is 11.6 Å². The molecule has 2 aliphatic carbocycles. The zero-order chi connectivity index (χ0) is 18.2. The molecule has 0 spiro atoms. The van der Waals surface area contributed by atoms with Crippen molar-refractivity contribution in [3.8, 4) is 0 Å². The zero-order valence-electron chi connectivity index (χ0n) is 14.0. The van der Waals surface area contributed by atoms with Gasteiger partial charge in [-0.05, 0) is 6.92 Å². The van der Waals surface area contributed by atoms with E-state index in [9.17, 15) is 19.2 Å². The summed E-state index contributed by atoms with van der Waals surface area (Å²) < 4.78 is 14.8. The third-order valence-electron chi connectivity index (χ3n) is 4.70. The molecule has 9 nitrogen and oxygen atoms in total. The molecule has 2 rings (SSSR count). The minimum Gasteiger partial charge on any atom is -0.469 e. The molecule has 2 aliphatic rings. The van der Waals surface area contributed by atoms with Crippen LogP contribution in [0.1, 0.15) is 20.3 Å². The monoisotopic (exact) mass is 342 g/mol. The molecule has 6 atom stereocenters. The van der Waals surface area contributed by atoms with Crippen molar-refractivity contribution in [2.75, 3.05) is 14.2 Å². The molecule has 3 N–H and O–H groups in total. The first-order valence-corrected chi connectivity index (χ1v) is 7.60. The number of esters is 3. The molecule has 134 valence electrons. The third kappa shape index (κ3) is 2.83. The van der Waals surface area contributed by atoms with Crippen molar-refractivity contribution < 1.29 is 33.4 Å². The smallest absolute Gasteiger partial charge is 0.332 e. The van der Waals surface area contributed by atoms with E-state index in [0.29, 0.717) is 0 Å². The van der Waals surface area contributed by atoms with Crippen molar-refractivity contribution in [2.45, 2.75) is 38.0 Å². The molecule has 2 fully saturated rings. The molecule has 1 amide bonds. The number of ether oxygens (including phenoxy) is 3. The lowest BCUT2D eigenvalue weighted by Crippen LogP contribution is -2.60. The predicted octanol–water partition coefficient (Wildman–Crippen LogP) is -1.27. The first-order chi connectivity index (χ1) is 11.2. The minimum atomic E-state index is -1.47. The topological polar surface area (TPSA) is 134 Å². The Morgan fingerprint density at radius 2 is 1.83 bits per heavy atom. The number of nitrogens with one attached hydrogen (secondary N) is 1. The fraction of sp³-hybridized carbons (Fsp3) is 0.733. The van der Waals surface area contributed by atoms with Gasteiger partial charge in [0.2, 0.25) is 5.91 Å². The number of nitrogens with two attached hydrogens (primary N) is 1. The molecule has 0 aliphatic heterocycles. The lowest BCUT2D eigenvalue weighted by Gasteiger charge is -2.32. The fourth-order valence-corrected chi connectivity index (χ4v) is 3.72. The Labute approximate surface area is 139 Å². The van der Waals surface area contributed by atoms with Gasteiger partial charge < -0.3 is 25.3 Å². The number of rotatable bonds is 5. The van der Waals surface area contributed by atoms with Crippen molar-refractivity contribution >= 4 is 23.8 Å². The molecule has 0 unspecified atom stereocenters. The molecule has 0 aromatic heterocycles. The van der Waals surface area contributed by atoms with Gasteiger partial charge in [-0.3, -0.25) is 14.4 Å². The summed E-state index contributed by atoms with van der Waals surface area (Å²) in [4.78, 5) is 47.9. The van der Waals surface area contributed by atoms with Crippen molar-refractivity contribution in [1.82, 2.24) is 5.32 Å². The van der Waals surface area contributed by atoms with Gasteiger partial charge in [0.25, 0.3) is 0 Å². The molecule has 0 aromatic rings. The zero-order valence-corrected chi connectivity index (χ0v) is 14.0. The van der Waals surface area contributed by atoms with Gasteiger partial charge in [0.15, 0.2) is 0 Å². The van der Waals surface area contributed by atoms with Gasteiger partial charge in [-0.15, -0.1) is 0 Å². The van der Waals surface area contributed by atoms with E-state index in [1.54, 1.807) is 0 Å². The molecule has 9 heteroatoms. The van der Waals surface area contributed by atoms with Crippen LogP contribution >= 0.6 is 0 Å². The van der Waals surface area contributed by atoms with Gasteiger partial charge in [0.05, 0.1) is 26.2 Å². The number of methoxy groups -OCH3 is 2. The second kappa shape index (κ2) is 6.39.